The molecule has 172 valence electrons. The zero-order valence-electron chi connectivity index (χ0n) is 18.8. The molecule has 2 amide bonds. The summed E-state index contributed by atoms with van der Waals surface area (Å²) >= 11 is 0. The van der Waals surface area contributed by atoms with Gasteiger partial charge in [0.2, 0.25) is 0 Å². The number of nitrogens with zero attached hydrogens (tertiary/aromatic N) is 4. The normalized spacial score (nSPS) is 18.1. The van der Waals surface area contributed by atoms with Crippen LogP contribution in [0.1, 0.15) is 54.7 Å². The maximum atomic E-state index is 13.3. The third-order valence-corrected chi connectivity index (χ3v) is 5.80. The molecule has 0 radical (unpaired) electrons. The Morgan fingerprint density at radius 3 is 2.58 bits per heavy atom. The van der Waals surface area contributed by atoms with Gasteiger partial charge in [0, 0.05) is 37.4 Å². The van der Waals surface area contributed by atoms with Crippen LogP contribution in [0.4, 0.5) is 11.4 Å². The molecule has 2 aromatic rings. The average molecular weight is 449 g/mol. The molecule has 1 atom stereocenters. The van der Waals surface area contributed by atoms with Gasteiger partial charge in [0.1, 0.15) is 12.0 Å². The first-order valence-corrected chi connectivity index (χ1v) is 11.1. The molecule has 4 N–H and O–H groups in total. The number of hydrogen-bond donors (Lipinski definition) is 4. The summed E-state index contributed by atoms with van der Waals surface area (Å²) in [5.41, 5.74) is 1.97. The molecule has 10 heteroatoms. The lowest BCUT2D eigenvalue weighted by molar-refractivity contribution is -0.124. The van der Waals surface area contributed by atoms with Gasteiger partial charge in [-0.25, -0.2) is 15.0 Å². The number of rotatable bonds is 8. The number of carbonyl (C=O) groups excluding carboxylic acids is 2. The van der Waals surface area contributed by atoms with Crippen LogP contribution in [0.5, 0.6) is 0 Å². The Hall–Kier alpha value is -3.82. The second-order valence-corrected chi connectivity index (χ2v) is 8.32. The van der Waals surface area contributed by atoms with Crippen molar-refractivity contribution in [1.29, 1.82) is 5.41 Å². The number of nitrogens with one attached hydrogen (secondary N) is 4. The van der Waals surface area contributed by atoms with E-state index in [4.69, 9.17) is 5.41 Å². The van der Waals surface area contributed by atoms with Crippen molar-refractivity contribution in [2.24, 2.45) is 0 Å². The molecule has 2 aromatic heterocycles. The van der Waals surface area contributed by atoms with Gasteiger partial charge in [0.25, 0.3) is 11.8 Å². The van der Waals surface area contributed by atoms with Crippen molar-refractivity contribution in [2.45, 2.75) is 44.6 Å². The Bertz CT molecular complexity index is 1080. The van der Waals surface area contributed by atoms with Crippen LogP contribution in [0.3, 0.4) is 0 Å². The Morgan fingerprint density at radius 1 is 1.18 bits per heavy atom. The van der Waals surface area contributed by atoms with Gasteiger partial charge in [-0.05, 0) is 44.7 Å². The average Bonchev–Trinajstić information content (AvgIpc) is 3.59. The van der Waals surface area contributed by atoms with Crippen LogP contribution in [0.2, 0.25) is 0 Å². The zero-order chi connectivity index (χ0) is 23.4. The highest BCUT2D eigenvalue weighted by atomic mass is 16.2. The molecule has 10 nitrogen and oxygen atoms in total. The molecule has 1 unspecified atom stereocenters. The monoisotopic (exact) mass is 448 g/mol. The predicted molar refractivity (Wildman–Crippen MR) is 124 cm³/mol. The van der Waals surface area contributed by atoms with E-state index >= 15 is 0 Å². The van der Waals surface area contributed by atoms with Crippen LogP contribution in [0.15, 0.2) is 42.8 Å². The highest BCUT2D eigenvalue weighted by molar-refractivity contribution is 6.44. The van der Waals surface area contributed by atoms with Crippen molar-refractivity contribution in [3.63, 3.8) is 0 Å². The van der Waals surface area contributed by atoms with E-state index in [0.29, 0.717) is 23.8 Å². The van der Waals surface area contributed by atoms with E-state index < -0.39 is 11.8 Å². The molecule has 0 bridgehead atoms. The van der Waals surface area contributed by atoms with Crippen molar-refractivity contribution in [2.75, 3.05) is 18.9 Å². The lowest BCUT2D eigenvalue weighted by atomic mass is 10.1. The lowest BCUT2D eigenvalue weighted by Gasteiger charge is -2.22. The molecule has 1 aliphatic carbocycles. The number of hydrogen-bond acceptors (Lipinski definition) is 8. The molecule has 0 aromatic carbocycles. The number of carbonyl (C=O) groups is 2. The van der Waals surface area contributed by atoms with E-state index in [1.165, 1.54) is 12.5 Å². The van der Waals surface area contributed by atoms with Gasteiger partial charge in [0.15, 0.2) is 5.69 Å². The fraction of sp³-hybridized carbons (Fsp3) is 0.391. The molecule has 0 spiro atoms. The van der Waals surface area contributed by atoms with Gasteiger partial charge in [0.05, 0.1) is 29.5 Å². The van der Waals surface area contributed by atoms with E-state index in [1.54, 1.807) is 24.3 Å². The molecular formula is C23H28N8O2. The number of pyridine rings is 1. The summed E-state index contributed by atoms with van der Waals surface area (Å²) in [6, 6.07) is 3.79. The Morgan fingerprint density at radius 2 is 1.94 bits per heavy atom. The largest absolute Gasteiger partial charge is 0.392 e. The fourth-order valence-electron chi connectivity index (χ4n) is 3.86. The van der Waals surface area contributed by atoms with Gasteiger partial charge in [-0.3, -0.25) is 15.0 Å². The number of amides is 2. The molecule has 1 saturated carbocycles. The van der Waals surface area contributed by atoms with Crippen LogP contribution in [-0.2, 0) is 4.79 Å². The van der Waals surface area contributed by atoms with Crippen molar-refractivity contribution in [3.8, 4) is 0 Å². The van der Waals surface area contributed by atoms with E-state index in [2.05, 4.69) is 30.9 Å². The summed E-state index contributed by atoms with van der Waals surface area (Å²) in [5.74, 6) is -0.554. The second kappa shape index (κ2) is 9.76. The van der Waals surface area contributed by atoms with Crippen LogP contribution in [0, 0.1) is 5.41 Å². The zero-order valence-corrected chi connectivity index (χ0v) is 18.8. The van der Waals surface area contributed by atoms with Gasteiger partial charge < -0.3 is 20.9 Å². The molecule has 33 heavy (non-hydrogen) atoms. The van der Waals surface area contributed by atoms with Crippen molar-refractivity contribution in [3.05, 3.63) is 54.1 Å². The highest BCUT2D eigenvalue weighted by Crippen LogP contribution is 2.39. The number of aromatic nitrogens is 3. The molecule has 2 fully saturated rings. The minimum Gasteiger partial charge on any atom is -0.392 e. The van der Waals surface area contributed by atoms with Crippen LogP contribution >= 0.6 is 0 Å². The van der Waals surface area contributed by atoms with Gasteiger partial charge >= 0.3 is 0 Å². The Kier molecular flexibility index (Phi) is 6.62. The summed E-state index contributed by atoms with van der Waals surface area (Å²) in [6.07, 6.45) is 9.98. The first-order chi connectivity index (χ1) is 16.0. The SMILES string of the molecule is CN/C=C(/NC(=O)c1nc(C2CC2)ccc1Nc1cncnc1)C(=N)C(=O)N1CCCC1C. The maximum absolute atomic E-state index is 13.3. The van der Waals surface area contributed by atoms with Crippen molar-refractivity contribution in [1.82, 2.24) is 30.5 Å². The molecule has 1 saturated heterocycles. The minimum absolute atomic E-state index is 0.0742. The smallest absolute Gasteiger partial charge is 0.276 e. The summed E-state index contributed by atoms with van der Waals surface area (Å²) in [5, 5.41) is 17.1. The summed E-state index contributed by atoms with van der Waals surface area (Å²) in [7, 11) is 1.65. The van der Waals surface area contributed by atoms with E-state index in [-0.39, 0.29) is 23.1 Å². The summed E-state index contributed by atoms with van der Waals surface area (Å²) in [6.45, 7) is 2.58. The molecular weight excluding hydrogens is 420 g/mol. The quantitative estimate of drug-likeness (QED) is 0.455. The van der Waals surface area contributed by atoms with Crippen molar-refractivity contribution >= 4 is 28.9 Å². The second-order valence-electron chi connectivity index (χ2n) is 8.32. The third-order valence-electron chi connectivity index (χ3n) is 5.80. The Labute approximate surface area is 192 Å². The number of likely N-dealkylation sites (tertiary alicyclic amines) is 1. The molecule has 2 aliphatic rings. The van der Waals surface area contributed by atoms with Crippen LogP contribution in [-0.4, -0.2) is 57.0 Å². The molecule has 4 rings (SSSR count). The predicted octanol–water partition coefficient (Wildman–Crippen LogP) is 2.31. The standard InChI is InChI=1S/C23H28N8O2/c1-14-4-3-9-31(14)23(33)20(24)19(12-25-2)30-22(32)21-18(28-16-10-26-13-27-11-16)8-7-17(29-21)15-5-6-15/h7-8,10-15,24-25,28H,3-6,9H2,1-2H3,(H,30,32)/b19-12+,24-20?. The van der Waals surface area contributed by atoms with Crippen molar-refractivity contribution < 1.29 is 9.59 Å². The topological polar surface area (TPSA) is 136 Å². The highest BCUT2D eigenvalue weighted by Gasteiger charge is 2.31. The summed E-state index contributed by atoms with van der Waals surface area (Å²) < 4.78 is 0. The first kappa shape index (κ1) is 22.4. The third kappa shape index (κ3) is 5.16. The van der Waals surface area contributed by atoms with Crippen LogP contribution < -0.4 is 16.0 Å². The number of anilines is 2. The first-order valence-electron chi connectivity index (χ1n) is 11.1. The van der Waals surface area contributed by atoms with Gasteiger partial charge in [-0.15, -0.1) is 0 Å². The van der Waals surface area contributed by atoms with E-state index in [1.807, 2.05) is 19.1 Å². The fourth-order valence-corrected chi connectivity index (χ4v) is 3.86. The molecule has 3 heterocycles. The van der Waals surface area contributed by atoms with Gasteiger partial charge in [-0.2, -0.15) is 0 Å². The van der Waals surface area contributed by atoms with Crippen LogP contribution in [0.25, 0.3) is 0 Å². The maximum Gasteiger partial charge on any atom is 0.276 e. The lowest BCUT2D eigenvalue weighted by Crippen LogP contribution is -2.42. The minimum atomic E-state index is -0.509. The Balaban J connectivity index is 1.58. The molecule has 1 aliphatic heterocycles. The van der Waals surface area contributed by atoms with Gasteiger partial charge in [-0.1, -0.05) is 0 Å². The van der Waals surface area contributed by atoms with E-state index in [0.717, 1.165) is 31.4 Å². The van der Waals surface area contributed by atoms with E-state index in [9.17, 15) is 9.59 Å². The summed E-state index contributed by atoms with van der Waals surface area (Å²) in [4.78, 5) is 40.5.